The van der Waals surface area contributed by atoms with E-state index in [1.807, 2.05) is 37.3 Å². The van der Waals surface area contributed by atoms with Crippen molar-refractivity contribution >= 4 is 35.8 Å². The van der Waals surface area contributed by atoms with Gasteiger partial charge in [0.15, 0.2) is 5.96 Å². The summed E-state index contributed by atoms with van der Waals surface area (Å²) in [5, 5.41) is 6.58. The third-order valence-corrected chi connectivity index (χ3v) is 3.43. The first kappa shape index (κ1) is 23.4. The van der Waals surface area contributed by atoms with Crippen LogP contribution < -0.4 is 10.6 Å². The summed E-state index contributed by atoms with van der Waals surface area (Å²) in [6, 6.07) is 7.79. The number of carbonyl (C=O) groups is 1. The Morgan fingerprint density at radius 1 is 1.28 bits per heavy atom. The second-order valence-corrected chi connectivity index (χ2v) is 5.70. The molecule has 5 nitrogen and oxygen atoms in total. The van der Waals surface area contributed by atoms with Crippen molar-refractivity contribution in [3.05, 3.63) is 47.5 Å². The molecule has 0 spiro atoms. The fraction of sp³-hybridized carbons (Fsp3) is 0.474. The van der Waals surface area contributed by atoms with E-state index in [9.17, 15) is 4.79 Å². The minimum Gasteiger partial charge on any atom is -0.357 e. The van der Waals surface area contributed by atoms with E-state index in [4.69, 9.17) is 0 Å². The summed E-state index contributed by atoms with van der Waals surface area (Å²) < 4.78 is 0. The van der Waals surface area contributed by atoms with Crippen molar-refractivity contribution in [1.82, 2.24) is 15.5 Å². The zero-order valence-corrected chi connectivity index (χ0v) is 18.0. The van der Waals surface area contributed by atoms with Crippen molar-refractivity contribution in [3.63, 3.8) is 0 Å². The molecule has 1 rings (SSSR count). The Balaban J connectivity index is 0.00000576. The van der Waals surface area contributed by atoms with Gasteiger partial charge in [0.05, 0.1) is 0 Å². The fourth-order valence-electron chi connectivity index (χ4n) is 2.20. The predicted molar refractivity (Wildman–Crippen MR) is 117 cm³/mol. The largest absolute Gasteiger partial charge is 0.357 e. The average molecular weight is 458 g/mol. The molecule has 25 heavy (non-hydrogen) atoms. The number of nitrogens with zero attached hydrogens (tertiary/aromatic N) is 2. The van der Waals surface area contributed by atoms with Crippen LogP contribution in [0.5, 0.6) is 0 Å². The number of aliphatic imine (C=N–C) groups is 1. The van der Waals surface area contributed by atoms with E-state index in [0.29, 0.717) is 0 Å². The highest BCUT2D eigenvalue weighted by atomic mass is 127. The molecule has 1 aromatic rings. The molecule has 0 unspecified atom stereocenters. The number of rotatable bonds is 8. The van der Waals surface area contributed by atoms with Crippen LogP contribution in [-0.4, -0.2) is 50.5 Å². The molecule has 0 saturated carbocycles. The Morgan fingerprint density at radius 2 is 2.04 bits per heavy atom. The molecule has 0 atom stereocenters. The Kier molecular flexibility index (Phi) is 12.8. The molecule has 0 saturated heterocycles. The number of benzene rings is 1. The van der Waals surface area contributed by atoms with Crippen LogP contribution in [0.25, 0.3) is 0 Å². The molecule has 0 aromatic heterocycles. The van der Waals surface area contributed by atoms with Crippen LogP contribution in [0.4, 0.5) is 0 Å². The highest BCUT2D eigenvalue weighted by molar-refractivity contribution is 14.0. The lowest BCUT2D eigenvalue weighted by Gasteiger charge is -2.13. The smallest absolute Gasteiger partial charge is 0.253 e. The number of amides is 1. The molecular formula is C19H31IN4O. The molecule has 1 amide bonds. The van der Waals surface area contributed by atoms with Gasteiger partial charge in [-0.05, 0) is 44.4 Å². The molecule has 2 N–H and O–H groups in total. The lowest BCUT2D eigenvalue weighted by molar-refractivity contribution is 0.0827. The van der Waals surface area contributed by atoms with Gasteiger partial charge >= 0.3 is 0 Å². The normalized spacial score (nSPS) is 11.1. The van der Waals surface area contributed by atoms with Crippen LogP contribution in [-0.2, 0) is 6.42 Å². The van der Waals surface area contributed by atoms with Crippen LogP contribution in [0.2, 0.25) is 0 Å². The summed E-state index contributed by atoms with van der Waals surface area (Å²) in [6.45, 7) is 6.45. The SMILES string of the molecule is C/C=C/CCN=C(NCC)NCCc1cccc(C(=O)N(C)C)c1.I. The first-order valence-corrected chi connectivity index (χ1v) is 8.52. The highest BCUT2D eigenvalue weighted by Crippen LogP contribution is 2.07. The van der Waals surface area contributed by atoms with Gasteiger partial charge in [0.2, 0.25) is 0 Å². The van der Waals surface area contributed by atoms with Crippen LogP contribution in [0, 0.1) is 0 Å². The van der Waals surface area contributed by atoms with Gasteiger partial charge in [0, 0.05) is 39.3 Å². The summed E-state index contributed by atoms with van der Waals surface area (Å²) in [4.78, 5) is 18.1. The van der Waals surface area contributed by atoms with Crippen LogP contribution in [0.3, 0.4) is 0 Å². The van der Waals surface area contributed by atoms with Gasteiger partial charge in [0.25, 0.3) is 5.91 Å². The summed E-state index contributed by atoms with van der Waals surface area (Å²) in [5.74, 6) is 0.867. The topological polar surface area (TPSA) is 56.7 Å². The molecular weight excluding hydrogens is 427 g/mol. The maximum atomic E-state index is 12.0. The number of nitrogens with one attached hydrogen (secondary N) is 2. The molecule has 0 heterocycles. The fourth-order valence-corrected chi connectivity index (χ4v) is 2.20. The van der Waals surface area contributed by atoms with Gasteiger partial charge in [-0.1, -0.05) is 24.3 Å². The van der Waals surface area contributed by atoms with Crippen LogP contribution in [0.15, 0.2) is 41.4 Å². The predicted octanol–water partition coefficient (Wildman–Crippen LogP) is 3.07. The Bertz CT molecular complexity index is 570. The lowest BCUT2D eigenvalue weighted by atomic mass is 10.1. The van der Waals surface area contributed by atoms with E-state index in [-0.39, 0.29) is 29.9 Å². The molecule has 140 valence electrons. The van der Waals surface area contributed by atoms with E-state index in [1.165, 1.54) is 0 Å². The summed E-state index contributed by atoms with van der Waals surface area (Å²) in [6.07, 6.45) is 5.94. The Labute approximate surface area is 169 Å². The molecule has 0 fully saturated rings. The molecule has 0 aliphatic rings. The van der Waals surface area contributed by atoms with Gasteiger partial charge in [-0.15, -0.1) is 24.0 Å². The van der Waals surface area contributed by atoms with Crippen molar-refractivity contribution in [3.8, 4) is 0 Å². The van der Waals surface area contributed by atoms with Crippen molar-refractivity contribution in [2.24, 2.45) is 4.99 Å². The number of carbonyl (C=O) groups excluding carboxylic acids is 1. The van der Waals surface area contributed by atoms with E-state index >= 15 is 0 Å². The number of halogens is 1. The first-order valence-electron chi connectivity index (χ1n) is 8.52. The number of hydrogen-bond donors (Lipinski definition) is 2. The maximum Gasteiger partial charge on any atom is 0.253 e. The molecule has 0 aliphatic heterocycles. The van der Waals surface area contributed by atoms with Crippen molar-refractivity contribution in [2.45, 2.75) is 26.7 Å². The molecule has 1 aromatic carbocycles. The van der Waals surface area contributed by atoms with E-state index in [0.717, 1.165) is 49.6 Å². The minimum absolute atomic E-state index is 0. The standard InChI is InChI=1S/C19H30N4O.HI/c1-5-7-8-13-21-19(20-6-2)22-14-12-16-10-9-11-17(15-16)18(24)23(3)4;/h5,7,9-11,15H,6,8,12-14H2,1-4H3,(H2,20,21,22);1H/b7-5+;. The first-order chi connectivity index (χ1) is 11.6. The van der Waals surface area contributed by atoms with Gasteiger partial charge in [-0.3, -0.25) is 9.79 Å². The molecule has 0 radical (unpaired) electrons. The van der Waals surface area contributed by atoms with Gasteiger partial charge in [-0.2, -0.15) is 0 Å². The zero-order chi connectivity index (χ0) is 17.8. The summed E-state index contributed by atoms with van der Waals surface area (Å²) in [5.41, 5.74) is 1.87. The minimum atomic E-state index is 0. The Morgan fingerprint density at radius 3 is 2.68 bits per heavy atom. The second-order valence-electron chi connectivity index (χ2n) is 5.70. The van der Waals surface area contributed by atoms with Crippen molar-refractivity contribution in [2.75, 3.05) is 33.7 Å². The zero-order valence-electron chi connectivity index (χ0n) is 15.7. The second kappa shape index (κ2) is 13.7. The summed E-state index contributed by atoms with van der Waals surface area (Å²) in [7, 11) is 3.53. The van der Waals surface area contributed by atoms with Gasteiger partial charge in [-0.25, -0.2) is 0 Å². The maximum absolute atomic E-state index is 12.0. The number of hydrogen-bond acceptors (Lipinski definition) is 2. The average Bonchev–Trinajstić information content (AvgIpc) is 2.58. The van der Waals surface area contributed by atoms with E-state index < -0.39 is 0 Å². The quantitative estimate of drug-likeness (QED) is 0.207. The number of guanidine groups is 1. The highest BCUT2D eigenvalue weighted by Gasteiger charge is 2.08. The molecule has 0 bridgehead atoms. The van der Waals surface area contributed by atoms with E-state index in [2.05, 4.69) is 28.6 Å². The van der Waals surface area contributed by atoms with Crippen LogP contribution >= 0.6 is 24.0 Å². The van der Waals surface area contributed by atoms with Crippen molar-refractivity contribution < 1.29 is 4.79 Å². The lowest BCUT2D eigenvalue weighted by Crippen LogP contribution is -2.38. The van der Waals surface area contributed by atoms with Crippen molar-refractivity contribution in [1.29, 1.82) is 0 Å². The monoisotopic (exact) mass is 458 g/mol. The van der Waals surface area contributed by atoms with E-state index in [1.54, 1.807) is 19.0 Å². The molecule has 6 heteroatoms. The third-order valence-electron chi connectivity index (χ3n) is 3.43. The third kappa shape index (κ3) is 9.48. The summed E-state index contributed by atoms with van der Waals surface area (Å²) >= 11 is 0. The Hall–Kier alpha value is -1.57. The van der Waals surface area contributed by atoms with Gasteiger partial charge in [0.1, 0.15) is 0 Å². The molecule has 0 aliphatic carbocycles. The number of allylic oxidation sites excluding steroid dienone is 1. The van der Waals surface area contributed by atoms with Gasteiger partial charge < -0.3 is 15.5 Å². The van der Waals surface area contributed by atoms with Crippen LogP contribution in [0.1, 0.15) is 36.2 Å².